The van der Waals surface area contributed by atoms with Crippen LogP contribution < -0.4 is 0 Å². The van der Waals surface area contributed by atoms with E-state index < -0.39 is 0 Å². The minimum atomic E-state index is -0.366. The first-order valence-corrected chi connectivity index (χ1v) is 21.1. The highest BCUT2D eigenvalue weighted by molar-refractivity contribution is 6.13. The number of hydrogen-bond donors (Lipinski definition) is 1. The number of para-hydroxylation sites is 5. The van der Waals surface area contributed by atoms with Gasteiger partial charge in [-0.3, -0.25) is 9.55 Å². The Balaban J connectivity index is 1.22. The Hall–Kier alpha value is -8.02. The smallest absolute Gasteiger partial charge is 0.149 e. The fraction of sp³-hybridized carbons (Fsp3) is 0.0526. The normalized spacial score (nSPS) is 11.8. The van der Waals surface area contributed by atoms with Crippen LogP contribution in [0.4, 0.5) is 0 Å². The lowest BCUT2D eigenvalue weighted by molar-refractivity contribution is 0.477. The van der Waals surface area contributed by atoms with Gasteiger partial charge in [0.25, 0.3) is 0 Å². The summed E-state index contributed by atoms with van der Waals surface area (Å²) in [6, 6.07) is 71.8. The summed E-state index contributed by atoms with van der Waals surface area (Å²) < 4.78 is 4.56. The van der Waals surface area contributed by atoms with Crippen LogP contribution in [0, 0.1) is 0 Å². The van der Waals surface area contributed by atoms with E-state index in [0.29, 0.717) is 11.4 Å². The van der Waals surface area contributed by atoms with Gasteiger partial charge >= 0.3 is 0 Å². The SMILES string of the molecule is CC(C)(c1ccccc1)c1cc(-c2cccc3c2nc(-c2ccccc2O)n3-c2ccccc2-c2ccccc2)cc(-c2nccc3c4ccccc4n(-c4ccccc4)c23)c1. The molecular formula is C57H42N4O. The number of aromatic nitrogens is 4. The van der Waals surface area contributed by atoms with Gasteiger partial charge in [0.05, 0.1) is 39.0 Å². The number of hydrogen-bond acceptors (Lipinski definition) is 3. The van der Waals surface area contributed by atoms with Crippen LogP contribution in [-0.2, 0) is 5.41 Å². The summed E-state index contributed by atoms with van der Waals surface area (Å²) in [6.07, 6.45) is 1.94. The highest BCUT2D eigenvalue weighted by atomic mass is 16.3. The lowest BCUT2D eigenvalue weighted by Gasteiger charge is -2.27. The molecular weight excluding hydrogens is 757 g/mol. The van der Waals surface area contributed by atoms with Crippen LogP contribution in [0.2, 0.25) is 0 Å². The number of aromatic hydroxyl groups is 1. The summed E-state index contributed by atoms with van der Waals surface area (Å²) in [5, 5.41) is 13.7. The van der Waals surface area contributed by atoms with Crippen LogP contribution in [0.25, 0.3) is 89.1 Å². The van der Waals surface area contributed by atoms with Gasteiger partial charge in [-0.15, -0.1) is 0 Å². The molecule has 0 spiro atoms. The van der Waals surface area contributed by atoms with Crippen molar-refractivity contribution in [2.24, 2.45) is 0 Å². The summed E-state index contributed by atoms with van der Waals surface area (Å²) in [4.78, 5) is 10.7. The molecule has 0 unspecified atom stereocenters. The zero-order valence-corrected chi connectivity index (χ0v) is 34.4. The fourth-order valence-electron chi connectivity index (χ4n) is 9.22. The van der Waals surface area contributed by atoms with E-state index in [1.807, 2.05) is 30.5 Å². The lowest BCUT2D eigenvalue weighted by atomic mass is 9.76. The number of phenols is 1. The summed E-state index contributed by atoms with van der Waals surface area (Å²) in [5.41, 5.74) is 14.8. The van der Waals surface area contributed by atoms with Crippen LogP contribution in [0.1, 0.15) is 25.0 Å². The molecule has 11 rings (SSSR count). The van der Waals surface area contributed by atoms with E-state index >= 15 is 0 Å². The Morgan fingerprint density at radius 3 is 1.89 bits per heavy atom. The second-order valence-electron chi connectivity index (χ2n) is 16.4. The average Bonchev–Trinajstić information content (AvgIpc) is 3.89. The second kappa shape index (κ2) is 14.9. The summed E-state index contributed by atoms with van der Waals surface area (Å²) in [5.74, 6) is 0.832. The molecule has 0 aliphatic heterocycles. The van der Waals surface area contributed by atoms with E-state index in [1.54, 1.807) is 6.07 Å². The Bertz CT molecular complexity index is 3440. The monoisotopic (exact) mass is 798 g/mol. The standard InChI is InChI=1S/C57H42N4O/c1-57(2,41-21-8-4-9-22-41)42-36-39(35-40(37-42)53-55-47(33-34-58-53)46-26-13-16-30-50(46)60(55)43-23-10-5-11-24-43)45-28-18-31-51-54(45)59-56(48-27-14-17-32-52(48)62)61(51)49-29-15-12-25-44(49)38-19-6-3-7-20-38/h3-37,62H,1-2H3. The molecule has 5 nitrogen and oxygen atoms in total. The van der Waals surface area contributed by atoms with Crippen LogP contribution in [0.15, 0.2) is 212 Å². The Morgan fingerprint density at radius 1 is 0.468 bits per heavy atom. The van der Waals surface area contributed by atoms with Crippen LogP contribution >= 0.6 is 0 Å². The molecule has 1 N–H and O–H groups in total. The lowest BCUT2D eigenvalue weighted by Crippen LogP contribution is -2.19. The highest BCUT2D eigenvalue weighted by Gasteiger charge is 2.27. The van der Waals surface area contributed by atoms with Gasteiger partial charge in [-0.25, -0.2) is 4.98 Å². The molecule has 0 bridgehead atoms. The van der Waals surface area contributed by atoms with E-state index in [2.05, 4.69) is 199 Å². The zero-order chi connectivity index (χ0) is 41.8. The average molecular weight is 799 g/mol. The van der Waals surface area contributed by atoms with Crippen molar-refractivity contribution in [3.05, 3.63) is 224 Å². The number of fused-ring (bicyclic) bond motifs is 4. The molecule has 0 saturated heterocycles. The van der Waals surface area contributed by atoms with E-state index in [0.717, 1.165) is 77.9 Å². The van der Waals surface area contributed by atoms with E-state index in [1.165, 1.54) is 10.9 Å². The maximum absolute atomic E-state index is 11.4. The summed E-state index contributed by atoms with van der Waals surface area (Å²) >= 11 is 0. The Labute approximate surface area is 360 Å². The summed E-state index contributed by atoms with van der Waals surface area (Å²) in [7, 11) is 0. The quantitative estimate of drug-likeness (QED) is 0.167. The van der Waals surface area contributed by atoms with Crippen molar-refractivity contribution < 1.29 is 5.11 Å². The van der Waals surface area contributed by atoms with E-state index in [-0.39, 0.29) is 11.2 Å². The number of phenolic OH excluding ortho intramolecular Hbond substituents is 1. The fourth-order valence-corrected chi connectivity index (χ4v) is 9.22. The first kappa shape index (κ1) is 37.0. The third-order valence-corrected chi connectivity index (χ3v) is 12.4. The molecule has 3 heterocycles. The topological polar surface area (TPSA) is 55.9 Å². The molecule has 0 radical (unpaired) electrons. The third-order valence-electron chi connectivity index (χ3n) is 12.4. The van der Waals surface area contributed by atoms with Gasteiger partial charge in [0.15, 0.2) is 0 Å². The predicted molar refractivity (Wildman–Crippen MR) is 255 cm³/mol. The minimum Gasteiger partial charge on any atom is -0.507 e. The molecule has 0 fully saturated rings. The first-order chi connectivity index (χ1) is 30.5. The van der Waals surface area contributed by atoms with Gasteiger partial charge in [0.1, 0.15) is 11.6 Å². The molecule has 62 heavy (non-hydrogen) atoms. The number of imidazole rings is 1. The van der Waals surface area contributed by atoms with Crippen molar-refractivity contribution in [3.63, 3.8) is 0 Å². The number of rotatable bonds is 8. The van der Waals surface area contributed by atoms with Crippen molar-refractivity contribution in [1.29, 1.82) is 0 Å². The third kappa shape index (κ3) is 6.09. The van der Waals surface area contributed by atoms with Crippen molar-refractivity contribution in [1.82, 2.24) is 19.1 Å². The number of benzene rings is 8. The van der Waals surface area contributed by atoms with Gasteiger partial charge in [-0.2, -0.15) is 0 Å². The molecule has 296 valence electrons. The van der Waals surface area contributed by atoms with Crippen molar-refractivity contribution in [2.45, 2.75) is 19.3 Å². The molecule has 11 aromatic rings. The summed E-state index contributed by atoms with van der Waals surface area (Å²) in [6.45, 7) is 4.60. The van der Waals surface area contributed by atoms with E-state index in [9.17, 15) is 5.11 Å². The molecule has 0 saturated carbocycles. The zero-order valence-electron chi connectivity index (χ0n) is 34.4. The number of nitrogens with zero attached hydrogens (tertiary/aromatic N) is 4. The largest absolute Gasteiger partial charge is 0.507 e. The van der Waals surface area contributed by atoms with Crippen LogP contribution in [-0.4, -0.2) is 24.2 Å². The molecule has 8 aromatic carbocycles. The van der Waals surface area contributed by atoms with Gasteiger partial charge in [-0.05, 0) is 82.9 Å². The Kier molecular flexibility index (Phi) is 8.90. The van der Waals surface area contributed by atoms with Crippen molar-refractivity contribution >= 4 is 32.8 Å². The number of pyridine rings is 1. The first-order valence-electron chi connectivity index (χ1n) is 21.1. The van der Waals surface area contributed by atoms with Crippen molar-refractivity contribution in [3.8, 4) is 62.0 Å². The van der Waals surface area contributed by atoms with Crippen LogP contribution in [0.3, 0.4) is 0 Å². The van der Waals surface area contributed by atoms with Gasteiger partial charge in [-0.1, -0.05) is 159 Å². The predicted octanol–water partition coefficient (Wildman–Crippen LogP) is 14.2. The van der Waals surface area contributed by atoms with Crippen molar-refractivity contribution in [2.75, 3.05) is 0 Å². The molecule has 0 atom stereocenters. The molecule has 0 aliphatic rings. The van der Waals surface area contributed by atoms with Gasteiger partial charge in [0.2, 0.25) is 0 Å². The maximum atomic E-state index is 11.4. The maximum Gasteiger partial charge on any atom is 0.149 e. The minimum absolute atomic E-state index is 0.171. The second-order valence-corrected chi connectivity index (χ2v) is 16.4. The Morgan fingerprint density at radius 2 is 1.10 bits per heavy atom. The van der Waals surface area contributed by atoms with Gasteiger partial charge < -0.3 is 9.67 Å². The molecule has 5 heteroatoms. The highest BCUT2D eigenvalue weighted by Crippen LogP contribution is 2.44. The molecule has 3 aromatic heterocycles. The molecule has 0 aliphatic carbocycles. The van der Waals surface area contributed by atoms with E-state index in [4.69, 9.17) is 9.97 Å². The van der Waals surface area contributed by atoms with Gasteiger partial charge in [0, 0.05) is 44.8 Å². The van der Waals surface area contributed by atoms with Crippen LogP contribution in [0.5, 0.6) is 5.75 Å². The molecule has 0 amide bonds.